The number of hydrogen-bond donors (Lipinski definition) is 1. The molecule has 5 nitrogen and oxygen atoms in total. The van der Waals surface area contributed by atoms with Gasteiger partial charge in [0.1, 0.15) is 5.69 Å². The fourth-order valence-corrected chi connectivity index (χ4v) is 3.14. The number of halogens is 1. The first kappa shape index (κ1) is 15.8. The van der Waals surface area contributed by atoms with Gasteiger partial charge in [0.2, 0.25) is 5.95 Å². The van der Waals surface area contributed by atoms with E-state index in [1.165, 1.54) is 5.56 Å². The first-order valence-electron chi connectivity index (χ1n) is 7.96. The van der Waals surface area contributed by atoms with Crippen molar-refractivity contribution in [2.45, 2.75) is 6.42 Å². The molecular weight excluding hydrogens is 380 g/mol. The molecule has 0 unspecified atom stereocenters. The Balaban J connectivity index is 1.57. The highest BCUT2D eigenvalue weighted by molar-refractivity contribution is 9.10. The largest absolute Gasteiger partial charge is 0.321 e. The number of amides is 1. The molecule has 2 aromatic carbocycles. The molecule has 0 saturated heterocycles. The number of hydrogen-bond acceptors (Lipinski definition) is 4. The number of benzene rings is 2. The highest BCUT2D eigenvalue weighted by Crippen LogP contribution is 2.32. The molecule has 0 saturated carbocycles. The lowest BCUT2D eigenvalue weighted by atomic mass is 10.2. The van der Waals surface area contributed by atoms with Crippen LogP contribution >= 0.6 is 15.9 Å². The smallest absolute Gasteiger partial charge is 0.274 e. The van der Waals surface area contributed by atoms with Crippen molar-refractivity contribution >= 4 is 39.2 Å². The number of para-hydroxylation sites is 1. The van der Waals surface area contributed by atoms with Gasteiger partial charge in [-0.05, 0) is 48.4 Å². The SMILES string of the molecule is O=C(Nc1ccc(Br)cc1)c1ccnc(N2CCc3ccccc32)n1. The standard InChI is InChI=1S/C19H15BrN4O/c20-14-5-7-15(8-6-14)22-18(25)16-9-11-21-19(23-16)24-12-10-13-3-1-2-4-17(13)24/h1-9,11H,10,12H2,(H,22,25). The van der Waals surface area contributed by atoms with Gasteiger partial charge in [0.15, 0.2) is 0 Å². The van der Waals surface area contributed by atoms with Crippen molar-refractivity contribution in [3.05, 3.63) is 76.5 Å². The summed E-state index contributed by atoms with van der Waals surface area (Å²) in [5, 5.41) is 2.85. The predicted molar refractivity (Wildman–Crippen MR) is 101 cm³/mol. The first-order valence-corrected chi connectivity index (χ1v) is 8.75. The number of rotatable bonds is 3. The summed E-state index contributed by atoms with van der Waals surface area (Å²) in [6.07, 6.45) is 2.58. The van der Waals surface area contributed by atoms with Crippen molar-refractivity contribution in [1.29, 1.82) is 0 Å². The molecule has 1 aliphatic rings. The van der Waals surface area contributed by atoms with Crippen molar-refractivity contribution in [2.24, 2.45) is 0 Å². The maximum atomic E-state index is 12.5. The minimum Gasteiger partial charge on any atom is -0.321 e. The molecule has 2 heterocycles. The summed E-state index contributed by atoms with van der Waals surface area (Å²) in [7, 11) is 0. The van der Waals surface area contributed by atoms with Crippen LogP contribution in [-0.2, 0) is 6.42 Å². The summed E-state index contributed by atoms with van der Waals surface area (Å²) in [5.41, 5.74) is 3.45. The van der Waals surface area contributed by atoms with Crippen molar-refractivity contribution < 1.29 is 4.79 Å². The predicted octanol–water partition coefficient (Wildman–Crippen LogP) is 4.19. The third kappa shape index (κ3) is 3.25. The highest BCUT2D eigenvalue weighted by atomic mass is 79.9. The van der Waals surface area contributed by atoms with E-state index in [0.717, 1.165) is 28.8 Å². The molecule has 25 heavy (non-hydrogen) atoms. The molecule has 124 valence electrons. The van der Waals surface area contributed by atoms with Crippen LogP contribution in [-0.4, -0.2) is 22.4 Å². The van der Waals surface area contributed by atoms with E-state index in [0.29, 0.717) is 11.6 Å². The average molecular weight is 395 g/mol. The Morgan fingerprint density at radius 2 is 1.88 bits per heavy atom. The van der Waals surface area contributed by atoms with Gasteiger partial charge >= 0.3 is 0 Å². The topological polar surface area (TPSA) is 58.1 Å². The molecule has 0 atom stereocenters. The lowest BCUT2D eigenvalue weighted by Gasteiger charge is -2.17. The van der Waals surface area contributed by atoms with E-state index >= 15 is 0 Å². The fourth-order valence-electron chi connectivity index (χ4n) is 2.88. The maximum absolute atomic E-state index is 12.5. The number of nitrogens with one attached hydrogen (secondary N) is 1. The molecule has 0 bridgehead atoms. The molecule has 4 rings (SSSR count). The summed E-state index contributed by atoms with van der Waals surface area (Å²) in [6, 6.07) is 17.2. The van der Waals surface area contributed by atoms with Crippen LogP contribution in [0, 0.1) is 0 Å². The average Bonchev–Trinajstić information content (AvgIpc) is 3.08. The number of carbonyl (C=O) groups is 1. The number of carbonyl (C=O) groups excluding carboxylic acids is 1. The second-order valence-corrected chi connectivity index (χ2v) is 6.65. The number of anilines is 3. The number of fused-ring (bicyclic) bond motifs is 1. The molecule has 0 radical (unpaired) electrons. The number of nitrogens with zero attached hydrogens (tertiary/aromatic N) is 3. The fraction of sp³-hybridized carbons (Fsp3) is 0.105. The Morgan fingerprint density at radius 3 is 2.72 bits per heavy atom. The van der Waals surface area contributed by atoms with Crippen molar-refractivity contribution in [3.8, 4) is 0 Å². The Labute approximate surface area is 153 Å². The zero-order valence-corrected chi connectivity index (χ0v) is 14.9. The van der Waals surface area contributed by atoms with E-state index in [2.05, 4.69) is 43.3 Å². The van der Waals surface area contributed by atoms with Crippen LogP contribution in [0.5, 0.6) is 0 Å². The summed E-state index contributed by atoms with van der Waals surface area (Å²) in [6.45, 7) is 0.817. The zero-order chi connectivity index (χ0) is 17.2. The molecule has 6 heteroatoms. The molecule has 1 aliphatic heterocycles. The monoisotopic (exact) mass is 394 g/mol. The Bertz CT molecular complexity index is 927. The molecule has 0 spiro atoms. The van der Waals surface area contributed by atoms with Crippen LogP contribution in [0.25, 0.3) is 0 Å². The van der Waals surface area contributed by atoms with Crippen LogP contribution in [0.2, 0.25) is 0 Å². The van der Waals surface area contributed by atoms with Gasteiger partial charge in [0.05, 0.1) is 0 Å². The van der Waals surface area contributed by atoms with E-state index in [9.17, 15) is 4.79 Å². The second-order valence-electron chi connectivity index (χ2n) is 5.73. The molecule has 1 N–H and O–H groups in total. The minimum atomic E-state index is -0.251. The van der Waals surface area contributed by atoms with Gasteiger partial charge in [-0.1, -0.05) is 34.1 Å². The zero-order valence-electron chi connectivity index (χ0n) is 13.3. The van der Waals surface area contributed by atoms with Gasteiger partial charge in [0, 0.05) is 28.6 Å². The van der Waals surface area contributed by atoms with Crippen LogP contribution < -0.4 is 10.2 Å². The van der Waals surface area contributed by atoms with Crippen LogP contribution in [0.4, 0.5) is 17.3 Å². The van der Waals surface area contributed by atoms with Crippen molar-refractivity contribution in [2.75, 3.05) is 16.8 Å². The highest BCUT2D eigenvalue weighted by Gasteiger charge is 2.22. The van der Waals surface area contributed by atoms with E-state index in [4.69, 9.17) is 0 Å². The summed E-state index contributed by atoms with van der Waals surface area (Å²) in [5.74, 6) is 0.298. The normalized spacial score (nSPS) is 12.8. The van der Waals surface area contributed by atoms with E-state index in [-0.39, 0.29) is 5.91 Å². The van der Waals surface area contributed by atoms with Gasteiger partial charge < -0.3 is 10.2 Å². The maximum Gasteiger partial charge on any atom is 0.274 e. The van der Waals surface area contributed by atoms with Gasteiger partial charge in [-0.25, -0.2) is 9.97 Å². The van der Waals surface area contributed by atoms with Gasteiger partial charge in [-0.2, -0.15) is 0 Å². The van der Waals surface area contributed by atoms with Crippen LogP contribution in [0.3, 0.4) is 0 Å². The summed E-state index contributed by atoms with van der Waals surface area (Å²) >= 11 is 3.38. The molecular formula is C19H15BrN4O. The Kier molecular flexibility index (Phi) is 4.19. The third-order valence-corrected chi connectivity index (χ3v) is 4.63. The second kappa shape index (κ2) is 6.64. The molecule has 1 aromatic heterocycles. The summed E-state index contributed by atoms with van der Waals surface area (Å²) in [4.78, 5) is 23.3. The van der Waals surface area contributed by atoms with Gasteiger partial charge in [0.25, 0.3) is 5.91 Å². The van der Waals surface area contributed by atoms with E-state index in [1.807, 2.05) is 41.3 Å². The minimum absolute atomic E-state index is 0.251. The van der Waals surface area contributed by atoms with Gasteiger partial charge in [-0.15, -0.1) is 0 Å². The van der Waals surface area contributed by atoms with Crippen LogP contribution in [0.1, 0.15) is 16.1 Å². The molecule has 1 amide bonds. The van der Waals surface area contributed by atoms with Gasteiger partial charge in [-0.3, -0.25) is 4.79 Å². The molecule has 3 aromatic rings. The molecule has 0 fully saturated rings. The Morgan fingerprint density at radius 1 is 1.08 bits per heavy atom. The van der Waals surface area contributed by atoms with Crippen molar-refractivity contribution in [3.63, 3.8) is 0 Å². The van der Waals surface area contributed by atoms with E-state index in [1.54, 1.807) is 12.3 Å². The quantitative estimate of drug-likeness (QED) is 0.723. The molecule has 0 aliphatic carbocycles. The third-order valence-electron chi connectivity index (χ3n) is 4.11. The Hall–Kier alpha value is -2.73. The number of aromatic nitrogens is 2. The lowest BCUT2D eigenvalue weighted by Crippen LogP contribution is -2.20. The van der Waals surface area contributed by atoms with E-state index < -0.39 is 0 Å². The van der Waals surface area contributed by atoms with Crippen LogP contribution in [0.15, 0.2) is 65.3 Å². The van der Waals surface area contributed by atoms with Crippen molar-refractivity contribution in [1.82, 2.24) is 9.97 Å². The lowest BCUT2D eigenvalue weighted by molar-refractivity contribution is 0.102. The first-order chi connectivity index (χ1) is 12.2. The summed E-state index contributed by atoms with van der Waals surface area (Å²) < 4.78 is 0.961.